The molecule has 2 rings (SSSR count). The van der Waals surface area contributed by atoms with E-state index in [1.807, 2.05) is 42.5 Å². The van der Waals surface area contributed by atoms with E-state index < -0.39 is 0 Å². The number of nitrogens with one attached hydrogen (secondary N) is 2. The summed E-state index contributed by atoms with van der Waals surface area (Å²) >= 11 is 0. The minimum atomic E-state index is -0.227. The van der Waals surface area contributed by atoms with Crippen LogP contribution >= 0.6 is 0 Å². The number of hydrogen-bond acceptors (Lipinski definition) is 3. The topological polar surface area (TPSA) is 59.6 Å². The molecule has 0 spiro atoms. The highest BCUT2D eigenvalue weighted by Crippen LogP contribution is 2.30. The Labute approximate surface area is 155 Å². The number of para-hydroxylation sites is 1. The van der Waals surface area contributed by atoms with Crippen molar-refractivity contribution < 1.29 is 14.3 Å². The van der Waals surface area contributed by atoms with Gasteiger partial charge in [0.25, 0.3) is 0 Å². The van der Waals surface area contributed by atoms with Crippen molar-refractivity contribution in [3.8, 4) is 11.5 Å². The lowest BCUT2D eigenvalue weighted by Gasteiger charge is -2.19. The molecule has 0 fully saturated rings. The van der Waals surface area contributed by atoms with Crippen LogP contribution in [0.2, 0.25) is 0 Å². The lowest BCUT2D eigenvalue weighted by atomic mass is 9.87. The molecule has 0 aliphatic rings. The van der Waals surface area contributed by atoms with Gasteiger partial charge < -0.3 is 20.1 Å². The zero-order valence-electron chi connectivity index (χ0n) is 16.2. The van der Waals surface area contributed by atoms with Crippen molar-refractivity contribution in [3.05, 3.63) is 53.6 Å². The summed E-state index contributed by atoms with van der Waals surface area (Å²) in [6.45, 7) is 6.98. The fourth-order valence-electron chi connectivity index (χ4n) is 2.69. The van der Waals surface area contributed by atoms with Crippen molar-refractivity contribution in [2.75, 3.05) is 26.1 Å². The monoisotopic (exact) mass is 356 g/mol. The first-order valence-electron chi connectivity index (χ1n) is 8.70. The van der Waals surface area contributed by atoms with Crippen molar-refractivity contribution >= 4 is 11.7 Å². The van der Waals surface area contributed by atoms with Crippen molar-refractivity contribution in [2.24, 2.45) is 0 Å². The zero-order valence-corrected chi connectivity index (χ0v) is 16.2. The molecule has 5 nitrogen and oxygen atoms in total. The maximum atomic E-state index is 12.1. The number of benzene rings is 2. The van der Waals surface area contributed by atoms with Crippen molar-refractivity contribution in [1.82, 2.24) is 5.32 Å². The molecule has 26 heavy (non-hydrogen) atoms. The molecule has 0 unspecified atom stereocenters. The number of carbonyl (C=O) groups is 1. The molecule has 2 N–H and O–H groups in total. The maximum Gasteiger partial charge on any atom is 0.319 e. The lowest BCUT2D eigenvalue weighted by molar-refractivity contribution is 0.252. The summed E-state index contributed by atoms with van der Waals surface area (Å²) in [5, 5.41) is 5.72. The number of rotatable bonds is 6. The smallest absolute Gasteiger partial charge is 0.319 e. The summed E-state index contributed by atoms with van der Waals surface area (Å²) in [7, 11) is 3.22. The second kappa shape index (κ2) is 8.61. The van der Waals surface area contributed by atoms with E-state index in [0.717, 1.165) is 11.3 Å². The normalized spacial score (nSPS) is 11.0. The van der Waals surface area contributed by atoms with Crippen LogP contribution in [0.4, 0.5) is 10.5 Å². The Morgan fingerprint density at radius 3 is 2.27 bits per heavy atom. The van der Waals surface area contributed by atoms with Crippen LogP contribution in [-0.4, -0.2) is 26.8 Å². The first kappa shape index (κ1) is 19.6. The molecule has 0 radical (unpaired) electrons. The standard InChI is InChI=1S/C21H28N2O3/c1-21(2,3)16-9-11-17(12-10-16)23-20(24)22-14-13-15-7-6-8-18(25-4)19(15)26-5/h6-12H,13-14H2,1-5H3,(H2,22,23,24). The van der Waals surface area contributed by atoms with Gasteiger partial charge in [-0.1, -0.05) is 45.0 Å². The zero-order chi connectivity index (χ0) is 19.2. The quantitative estimate of drug-likeness (QED) is 0.808. The molecule has 0 atom stereocenters. The average Bonchev–Trinajstić information content (AvgIpc) is 2.61. The Morgan fingerprint density at radius 2 is 1.69 bits per heavy atom. The minimum Gasteiger partial charge on any atom is -0.493 e. The summed E-state index contributed by atoms with van der Waals surface area (Å²) in [5.41, 5.74) is 3.08. The Hall–Kier alpha value is -2.69. The van der Waals surface area contributed by atoms with Gasteiger partial charge in [-0.25, -0.2) is 4.79 Å². The maximum absolute atomic E-state index is 12.1. The van der Waals surface area contributed by atoms with Crippen LogP contribution in [0, 0.1) is 0 Å². The fourth-order valence-corrected chi connectivity index (χ4v) is 2.69. The Bertz CT molecular complexity index is 734. The van der Waals surface area contributed by atoms with Crippen LogP contribution in [0.5, 0.6) is 11.5 Å². The number of amides is 2. The predicted octanol–water partition coefficient (Wildman–Crippen LogP) is 4.37. The molecule has 0 aliphatic carbocycles. The van der Waals surface area contributed by atoms with E-state index in [0.29, 0.717) is 24.5 Å². The van der Waals surface area contributed by atoms with Crippen LogP contribution in [0.3, 0.4) is 0 Å². The van der Waals surface area contributed by atoms with Crippen molar-refractivity contribution in [1.29, 1.82) is 0 Å². The number of hydrogen-bond donors (Lipinski definition) is 2. The third kappa shape index (κ3) is 5.15. The molecule has 0 bridgehead atoms. The molecule has 0 aromatic heterocycles. The summed E-state index contributed by atoms with van der Waals surface area (Å²) < 4.78 is 10.7. The number of urea groups is 1. The molecule has 2 aromatic rings. The number of methoxy groups -OCH3 is 2. The largest absolute Gasteiger partial charge is 0.493 e. The summed E-state index contributed by atoms with van der Waals surface area (Å²) in [6, 6.07) is 13.4. The van der Waals surface area contributed by atoms with E-state index in [4.69, 9.17) is 9.47 Å². The van der Waals surface area contributed by atoms with E-state index in [9.17, 15) is 4.79 Å². The van der Waals surface area contributed by atoms with E-state index >= 15 is 0 Å². The van der Waals surface area contributed by atoms with Crippen molar-refractivity contribution in [3.63, 3.8) is 0 Å². The molecule has 2 amide bonds. The van der Waals surface area contributed by atoms with E-state index in [2.05, 4.69) is 31.4 Å². The van der Waals surface area contributed by atoms with Gasteiger partial charge in [0.2, 0.25) is 0 Å². The highest BCUT2D eigenvalue weighted by atomic mass is 16.5. The van der Waals surface area contributed by atoms with Gasteiger partial charge in [-0.2, -0.15) is 0 Å². The molecular formula is C21H28N2O3. The first-order chi connectivity index (χ1) is 12.3. The second-order valence-electron chi connectivity index (χ2n) is 7.11. The summed E-state index contributed by atoms with van der Waals surface area (Å²) in [5.74, 6) is 1.39. The molecule has 0 aliphatic heterocycles. The third-order valence-electron chi connectivity index (χ3n) is 4.17. The highest BCUT2D eigenvalue weighted by molar-refractivity contribution is 5.89. The molecule has 2 aromatic carbocycles. The van der Waals surface area contributed by atoms with Crippen LogP contribution in [0.15, 0.2) is 42.5 Å². The third-order valence-corrected chi connectivity index (χ3v) is 4.17. The minimum absolute atomic E-state index is 0.0938. The Kier molecular flexibility index (Phi) is 6.50. The van der Waals surface area contributed by atoms with Gasteiger partial charge in [-0.15, -0.1) is 0 Å². The van der Waals surface area contributed by atoms with Gasteiger partial charge in [0, 0.05) is 12.2 Å². The highest BCUT2D eigenvalue weighted by Gasteiger charge is 2.13. The van der Waals surface area contributed by atoms with E-state index in [1.54, 1.807) is 14.2 Å². The summed E-state index contributed by atoms with van der Waals surface area (Å²) in [6.07, 6.45) is 0.650. The molecule has 140 valence electrons. The summed E-state index contributed by atoms with van der Waals surface area (Å²) in [4.78, 5) is 12.1. The lowest BCUT2D eigenvalue weighted by Crippen LogP contribution is -2.30. The molecule has 5 heteroatoms. The van der Waals surface area contributed by atoms with Gasteiger partial charge in [0.05, 0.1) is 14.2 Å². The first-order valence-corrected chi connectivity index (χ1v) is 8.70. The van der Waals surface area contributed by atoms with Crippen LogP contribution in [0.25, 0.3) is 0 Å². The van der Waals surface area contributed by atoms with Gasteiger partial charge >= 0.3 is 6.03 Å². The van der Waals surface area contributed by atoms with Gasteiger partial charge in [0.15, 0.2) is 11.5 Å². The van der Waals surface area contributed by atoms with Gasteiger partial charge in [0.1, 0.15) is 0 Å². The van der Waals surface area contributed by atoms with Crippen LogP contribution in [-0.2, 0) is 11.8 Å². The van der Waals surface area contributed by atoms with Gasteiger partial charge in [-0.3, -0.25) is 0 Å². The van der Waals surface area contributed by atoms with Crippen LogP contribution in [0.1, 0.15) is 31.9 Å². The average molecular weight is 356 g/mol. The van der Waals surface area contributed by atoms with Gasteiger partial charge in [-0.05, 0) is 41.2 Å². The molecule has 0 heterocycles. The fraction of sp³-hybridized carbons (Fsp3) is 0.381. The molecular weight excluding hydrogens is 328 g/mol. The molecule has 0 saturated carbocycles. The SMILES string of the molecule is COc1cccc(CCNC(=O)Nc2ccc(C(C)(C)C)cc2)c1OC. The van der Waals surface area contributed by atoms with Crippen LogP contribution < -0.4 is 20.1 Å². The van der Waals surface area contributed by atoms with E-state index in [-0.39, 0.29) is 11.4 Å². The van der Waals surface area contributed by atoms with E-state index in [1.165, 1.54) is 5.56 Å². The number of anilines is 1. The Morgan fingerprint density at radius 1 is 1.00 bits per heavy atom. The second-order valence-corrected chi connectivity index (χ2v) is 7.11. The van der Waals surface area contributed by atoms with Crippen molar-refractivity contribution in [2.45, 2.75) is 32.6 Å². The number of ether oxygens (including phenoxy) is 2. The number of carbonyl (C=O) groups excluding carboxylic acids is 1. The predicted molar refractivity (Wildman–Crippen MR) is 105 cm³/mol. The molecule has 0 saturated heterocycles. The Balaban J connectivity index is 1.88.